The molecule has 1 aromatic heterocycles. The molecule has 0 bridgehead atoms. The molecule has 26 heavy (non-hydrogen) atoms. The minimum Gasteiger partial charge on any atom is -0.408 e. The zero-order chi connectivity index (χ0) is 18.7. The second kappa shape index (κ2) is 7.52. The van der Waals surface area contributed by atoms with Crippen LogP contribution in [0.15, 0.2) is 33.6 Å². The predicted octanol–water partition coefficient (Wildman–Crippen LogP) is 1.47. The Morgan fingerprint density at radius 2 is 1.81 bits per heavy atom. The zero-order valence-corrected chi connectivity index (χ0v) is 15.3. The molecule has 0 saturated carbocycles. The van der Waals surface area contributed by atoms with E-state index in [4.69, 9.17) is 9.15 Å². The van der Waals surface area contributed by atoms with E-state index in [-0.39, 0.29) is 22.4 Å². The number of morpholine rings is 1. The van der Waals surface area contributed by atoms with Crippen molar-refractivity contribution in [2.24, 2.45) is 0 Å². The number of amides is 1. The molecule has 1 aliphatic rings. The monoisotopic (exact) mass is 380 g/mol. The molecule has 1 amide bonds. The van der Waals surface area contributed by atoms with E-state index in [0.717, 1.165) is 0 Å². The second-order valence-corrected chi connectivity index (χ2v) is 8.03. The van der Waals surface area contributed by atoms with Gasteiger partial charge in [0.1, 0.15) is 0 Å². The molecule has 1 fully saturated rings. The number of anilines is 1. The molecule has 1 saturated heterocycles. The lowest BCUT2D eigenvalue weighted by molar-refractivity contribution is 0.0730. The van der Waals surface area contributed by atoms with Crippen molar-refractivity contribution in [2.45, 2.75) is 24.7 Å². The summed E-state index contributed by atoms with van der Waals surface area (Å²) in [5.74, 6) is 0.0179. The van der Waals surface area contributed by atoms with Crippen molar-refractivity contribution in [1.82, 2.24) is 14.5 Å². The van der Waals surface area contributed by atoms with Gasteiger partial charge < -0.3 is 9.15 Å². The fourth-order valence-corrected chi connectivity index (χ4v) is 3.81. The molecule has 1 N–H and O–H groups in total. The summed E-state index contributed by atoms with van der Waals surface area (Å²) < 4.78 is 37.0. The summed E-state index contributed by atoms with van der Waals surface area (Å²) in [6.07, 6.45) is 0. The van der Waals surface area contributed by atoms with Crippen LogP contribution in [0.1, 0.15) is 36.0 Å². The number of nitrogens with zero attached hydrogens (tertiary/aromatic N) is 3. The third-order valence-electron chi connectivity index (χ3n) is 3.88. The van der Waals surface area contributed by atoms with E-state index in [2.05, 4.69) is 15.5 Å². The molecule has 3 rings (SSSR count). The Labute approximate surface area is 151 Å². The highest BCUT2D eigenvalue weighted by Gasteiger charge is 2.26. The quantitative estimate of drug-likeness (QED) is 0.835. The zero-order valence-electron chi connectivity index (χ0n) is 14.5. The predicted molar refractivity (Wildman–Crippen MR) is 92.4 cm³/mol. The molecular weight excluding hydrogens is 360 g/mol. The third kappa shape index (κ3) is 3.92. The number of rotatable bonds is 5. The summed E-state index contributed by atoms with van der Waals surface area (Å²) >= 11 is 0. The van der Waals surface area contributed by atoms with Gasteiger partial charge in [-0.3, -0.25) is 10.1 Å². The Morgan fingerprint density at radius 3 is 2.38 bits per heavy atom. The number of aromatic nitrogens is 2. The smallest absolute Gasteiger partial charge is 0.322 e. The number of carbonyl (C=O) groups is 1. The van der Waals surface area contributed by atoms with E-state index in [9.17, 15) is 13.2 Å². The Morgan fingerprint density at radius 1 is 1.15 bits per heavy atom. The minimum atomic E-state index is -3.59. The van der Waals surface area contributed by atoms with Crippen molar-refractivity contribution in [2.75, 3.05) is 31.6 Å². The number of hydrogen-bond donors (Lipinski definition) is 1. The van der Waals surface area contributed by atoms with Gasteiger partial charge in [0, 0.05) is 24.6 Å². The average Bonchev–Trinajstić information content (AvgIpc) is 3.11. The summed E-state index contributed by atoms with van der Waals surface area (Å²) in [5.41, 5.74) is 0.287. The van der Waals surface area contributed by atoms with Gasteiger partial charge in [0.05, 0.1) is 18.1 Å². The summed E-state index contributed by atoms with van der Waals surface area (Å²) in [7, 11) is -3.59. The molecular formula is C16H20N4O5S. The van der Waals surface area contributed by atoms with E-state index in [1.54, 1.807) is 0 Å². The second-order valence-electron chi connectivity index (χ2n) is 6.10. The van der Waals surface area contributed by atoms with E-state index in [1.165, 1.54) is 28.6 Å². The van der Waals surface area contributed by atoms with E-state index in [0.29, 0.717) is 32.2 Å². The van der Waals surface area contributed by atoms with Gasteiger partial charge in [0.25, 0.3) is 5.91 Å². The first kappa shape index (κ1) is 18.5. The maximum Gasteiger partial charge on any atom is 0.322 e. The highest BCUT2D eigenvalue weighted by molar-refractivity contribution is 7.89. The number of hydrogen-bond acceptors (Lipinski definition) is 7. The largest absolute Gasteiger partial charge is 0.408 e. The van der Waals surface area contributed by atoms with Crippen LogP contribution in [0.25, 0.3) is 0 Å². The highest BCUT2D eigenvalue weighted by Crippen LogP contribution is 2.19. The lowest BCUT2D eigenvalue weighted by Crippen LogP contribution is -2.40. The van der Waals surface area contributed by atoms with Crippen LogP contribution in [0.4, 0.5) is 6.01 Å². The van der Waals surface area contributed by atoms with Crippen LogP contribution in [-0.4, -0.2) is 55.1 Å². The maximum atomic E-state index is 12.6. The molecule has 1 aromatic carbocycles. The van der Waals surface area contributed by atoms with Crippen LogP contribution in [0.5, 0.6) is 0 Å². The number of carbonyl (C=O) groups excluding carboxylic acids is 1. The van der Waals surface area contributed by atoms with Gasteiger partial charge in [-0.05, 0) is 24.3 Å². The van der Waals surface area contributed by atoms with Crippen molar-refractivity contribution in [3.8, 4) is 0 Å². The Hall–Kier alpha value is -2.30. The number of sulfonamides is 1. The molecule has 0 unspecified atom stereocenters. The Balaban J connectivity index is 1.71. The SMILES string of the molecule is CC(C)c1nnc(NC(=O)c2ccc(S(=O)(=O)N3CCOCC3)cc2)o1. The lowest BCUT2D eigenvalue weighted by Gasteiger charge is -2.26. The minimum absolute atomic E-state index is 0.00344. The molecule has 10 heteroatoms. The van der Waals surface area contributed by atoms with Gasteiger partial charge in [-0.25, -0.2) is 8.42 Å². The van der Waals surface area contributed by atoms with Crippen molar-refractivity contribution in [1.29, 1.82) is 0 Å². The van der Waals surface area contributed by atoms with Gasteiger partial charge in [-0.1, -0.05) is 18.9 Å². The number of nitrogens with one attached hydrogen (secondary N) is 1. The maximum absolute atomic E-state index is 12.6. The molecule has 0 radical (unpaired) electrons. The number of benzene rings is 1. The summed E-state index contributed by atoms with van der Waals surface area (Å²) in [4.78, 5) is 12.4. The summed E-state index contributed by atoms with van der Waals surface area (Å²) in [5, 5.41) is 10.1. The van der Waals surface area contributed by atoms with Gasteiger partial charge in [0.2, 0.25) is 15.9 Å². The normalized spacial score (nSPS) is 16.0. The van der Waals surface area contributed by atoms with Crippen LogP contribution in [0.3, 0.4) is 0 Å². The lowest BCUT2D eigenvalue weighted by atomic mass is 10.2. The Bertz CT molecular complexity index is 870. The fourth-order valence-electron chi connectivity index (χ4n) is 2.40. The topological polar surface area (TPSA) is 115 Å². The molecule has 0 atom stereocenters. The molecule has 1 aliphatic heterocycles. The third-order valence-corrected chi connectivity index (χ3v) is 5.79. The van der Waals surface area contributed by atoms with Gasteiger partial charge in [-0.15, -0.1) is 5.10 Å². The van der Waals surface area contributed by atoms with Crippen molar-refractivity contribution in [3.05, 3.63) is 35.7 Å². The first-order chi connectivity index (χ1) is 12.4. The van der Waals surface area contributed by atoms with Crippen LogP contribution in [-0.2, 0) is 14.8 Å². The molecule has 2 heterocycles. The Kier molecular flexibility index (Phi) is 5.35. The van der Waals surface area contributed by atoms with Gasteiger partial charge >= 0.3 is 6.01 Å². The molecule has 140 valence electrons. The standard InChI is InChI=1S/C16H20N4O5S/c1-11(2)15-18-19-16(25-15)17-14(21)12-3-5-13(6-4-12)26(22,23)20-7-9-24-10-8-20/h3-6,11H,7-10H2,1-2H3,(H,17,19,21). The first-order valence-corrected chi connectivity index (χ1v) is 9.64. The summed E-state index contributed by atoms with van der Waals surface area (Å²) in [6, 6.07) is 5.72. The van der Waals surface area contributed by atoms with Crippen molar-refractivity contribution >= 4 is 21.9 Å². The van der Waals surface area contributed by atoms with Crippen molar-refractivity contribution < 1.29 is 22.4 Å². The van der Waals surface area contributed by atoms with Crippen molar-refractivity contribution in [3.63, 3.8) is 0 Å². The molecule has 9 nitrogen and oxygen atoms in total. The van der Waals surface area contributed by atoms with Crippen LogP contribution in [0, 0.1) is 0 Å². The van der Waals surface area contributed by atoms with E-state index >= 15 is 0 Å². The molecule has 0 spiro atoms. The van der Waals surface area contributed by atoms with Gasteiger partial charge in [-0.2, -0.15) is 4.31 Å². The fraction of sp³-hybridized carbons (Fsp3) is 0.438. The van der Waals surface area contributed by atoms with Crippen LogP contribution < -0.4 is 5.32 Å². The van der Waals surface area contributed by atoms with Gasteiger partial charge in [0.15, 0.2) is 0 Å². The highest BCUT2D eigenvalue weighted by atomic mass is 32.2. The number of ether oxygens (including phenoxy) is 1. The first-order valence-electron chi connectivity index (χ1n) is 8.20. The van der Waals surface area contributed by atoms with Crippen LogP contribution in [0.2, 0.25) is 0 Å². The summed E-state index contributed by atoms with van der Waals surface area (Å²) in [6.45, 7) is 5.18. The molecule has 0 aliphatic carbocycles. The van der Waals surface area contributed by atoms with Crippen LogP contribution >= 0.6 is 0 Å². The molecule has 2 aromatic rings. The van der Waals surface area contributed by atoms with E-state index < -0.39 is 15.9 Å². The average molecular weight is 380 g/mol. The van der Waals surface area contributed by atoms with E-state index in [1.807, 2.05) is 13.8 Å².